The van der Waals surface area contributed by atoms with Crippen molar-refractivity contribution in [3.63, 3.8) is 0 Å². The normalized spacial score (nSPS) is 11.4. The first kappa shape index (κ1) is 34.2. The summed E-state index contributed by atoms with van der Waals surface area (Å²) >= 11 is 0. The van der Waals surface area contributed by atoms with Gasteiger partial charge in [0.15, 0.2) is 0 Å². The van der Waals surface area contributed by atoms with Gasteiger partial charge in [0.05, 0.1) is 5.69 Å². The molecule has 0 fully saturated rings. The van der Waals surface area contributed by atoms with Gasteiger partial charge in [-0.3, -0.25) is 0 Å². The fraction of sp³-hybridized carbons (Fsp3) is 0.115. The molecule has 0 bridgehead atoms. The second-order valence-electron chi connectivity index (χ2n) is 14.6. The molecule has 0 aliphatic carbocycles. The number of anilines is 7. The van der Waals surface area contributed by atoms with Gasteiger partial charge in [-0.2, -0.15) is 0 Å². The van der Waals surface area contributed by atoms with Gasteiger partial charge in [0.2, 0.25) is 0 Å². The fourth-order valence-electron chi connectivity index (χ4n) is 8.35. The minimum absolute atomic E-state index is 0.971. The van der Waals surface area contributed by atoms with Gasteiger partial charge in [0.25, 0.3) is 0 Å². The van der Waals surface area contributed by atoms with Crippen LogP contribution in [0.15, 0.2) is 176 Å². The lowest BCUT2D eigenvalue weighted by Gasteiger charge is -2.28. The van der Waals surface area contributed by atoms with E-state index >= 15 is 0 Å². The maximum atomic E-state index is 2.41. The molecule has 0 radical (unpaired) electrons. The van der Waals surface area contributed by atoms with Crippen LogP contribution in [0.1, 0.15) is 25.0 Å². The van der Waals surface area contributed by atoms with Crippen LogP contribution in [0.3, 0.4) is 0 Å². The molecule has 0 aliphatic heterocycles. The van der Waals surface area contributed by atoms with Gasteiger partial charge < -0.3 is 14.7 Å². The maximum Gasteiger partial charge on any atom is 0.0540 e. The van der Waals surface area contributed by atoms with E-state index in [9.17, 15) is 0 Å². The van der Waals surface area contributed by atoms with Crippen molar-refractivity contribution in [3.05, 3.63) is 187 Å². The number of hydrogen-bond donors (Lipinski definition) is 0. The van der Waals surface area contributed by atoms with Crippen molar-refractivity contribution < 1.29 is 0 Å². The van der Waals surface area contributed by atoms with E-state index < -0.39 is 0 Å². The van der Waals surface area contributed by atoms with Crippen LogP contribution in [-0.2, 0) is 0 Å². The van der Waals surface area contributed by atoms with Crippen molar-refractivity contribution in [2.45, 2.75) is 27.7 Å². The summed E-state index contributed by atoms with van der Waals surface area (Å²) in [5.41, 5.74) is 12.9. The summed E-state index contributed by atoms with van der Waals surface area (Å²) in [6.45, 7) is 10.7. The zero-order valence-electron chi connectivity index (χ0n) is 32.0. The zero-order chi connectivity index (χ0) is 37.5. The summed E-state index contributed by atoms with van der Waals surface area (Å²) in [5, 5.41) is 7.73. The van der Waals surface area contributed by atoms with E-state index in [0.29, 0.717) is 0 Å². The number of nitrogens with zero attached hydrogens (tertiary/aromatic N) is 3. The van der Waals surface area contributed by atoms with E-state index in [1.54, 1.807) is 0 Å². The molecule has 0 saturated carbocycles. The van der Waals surface area contributed by atoms with Crippen molar-refractivity contribution in [3.8, 4) is 11.1 Å². The van der Waals surface area contributed by atoms with E-state index in [-0.39, 0.29) is 0 Å². The third kappa shape index (κ3) is 6.32. The molecule has 0 N–H and O–H groups in total. The zero-order valence-corrected chi connectivity index (χ0v) is 32.0. The molecule has 0 aliphatic rings. The predicted molar refractivity (Wildman–Crippen MR) is 238 cm³/mol. The lowest BCUT2D eigenvalue weighted by molar-refractivity contribution is 0.866. The highest BCUT2D eigenvalue weighted by atomic mass is 15.2. The lowest BCUT2D eigenvalue weighted by atomic mass is 9.93. The van der Waals surface area contributed by atoms with E-state index in [2.05, 4.69) is 218 Å². The molecule has 268 valence electrons. The Balaban J connectivity index is 1.10. The van der Waals surface area contributed by atoms with E-state index in [0.717, 1.165) is 41.5 Å². The second kappa shape index (κ2) is 14.3. The highest BCUT2D eigenvalue weighted by Crippen LogP contribution is 2.44. The van der Waals surface area contributed by atoms with Crippen LogP contribution in [0.2, 0.25) is 0 Å². The number of rotatable bonds is 10. The third-order valence-electron chi connectivity index (χ3n) is 11.1. The van der Waals surface area contributed by atoms with Gasteiger partial charge in [-0.15, -0.1) is 0 Å². The maximum absolute atomic E-state index is 2.41. The standard InChI is InChI=1S/C52H45N3/c1-5-53(6-2)45-15-10-18-48(35-45)54(46-16-7-11-36(3)33-46)43-27-21-38(22-28-43)39-23-29-44(30-24-39)55(47-17-8-12-37(4)34-47)50-32-26-42-20-19-40-13-9-14-41-25-31-49(50)52(42)51(40)41/h7-35H,5-6H2,1-4H3. The van der Waals surface area contributed by atoms with Gasteiger partial charge in [0, 0.05) is 52.6 Å². The van der Waals surface area contributed by atoms with Gasteiger partial charge in [-0.05, 0) is 150 Å². The molecule has 9 aromatic carbocycles. The van der Waals surface area contributed by atoms with E-state index in [1.165, 1.54) is 65.9 Å². The van der Waals surface area contributed by atoms with Crippen LogP contribution in [0.25, 0.3) is 43.4 Å². The van der Waals surface area contributed by atoms with Crippen molar-refractivity contribution >= 4 is 72.1 Å². The topological polar surface area (TPSA) is 9.72 Å². The fourth-order valence-corrected chi connectivity index (χ4v) is 8.35. The van der Waals surface area contributed by atoms with E-state index in [4.69, 9.17) is 0 Å². The largest absolute Gasteiger partial charge is 0.372 e. The Kier molecular flexibility index (Phi) is 8.92. The monoisotopic (exact) mass is 711 g/mol. The molecule has 0 saturated heterocycles. The van der Waals surface area contributed by atoms with Crippen LogP contribution >= 0.6 is 0 Å². The number of aryl methyl sites for hydroxylation is 2. The summed E-state index contributed by atoms with van der Waals surface area (Å²) in [6.07, 6.45) is 0. The predicted octanol–water partition coefficient (Wildman–Crippen LogP) is 14.7. The number of benzene rings is 9. The van der Waals surface area contributed by atoms with Crippen molar-refractivity contribution in [2.24, 2.45) is 0 Å². The minimum atomic E-state index is 0.971. The van der Waals surface area contributed by atoms with E-state index in [1.807, 2.05) is 0 Å². The molecule has 0 unspecified atom stereocenters. The van der Waals surface area contributed by atoms with Gasteiger partial charge in [-0.25, -0.2) is 0 Å². The van der Waals surface area contributed by atoms with Gasteiger partial charge in [-0.1, -0.05) is 103 Å². The molecule has 0 heterocycles. The summed E-state index contributed by atoms with van der Waals surface area (Å²) in [7, 11) is 0. The molecular weight excluding hydrogens is 667 g/mol. The molecule has 3 nitrogen and oxygen atoms in total. The molecule has 0 spiro atoms. The van der Waals surface area contributed by atoms with Crippen molar-refractivity contribution in [1.29, 1.82) is 0 Å². The molecular formula is C52H45N3. The van der Waals surface area contributed by atoms with Gasteiger partial charge in [0.1, 0.15) is 0 Å². The highest BCUT2D eigenvalue weighted by molar-refractivity contribution is 6.25. The Bertz CT molecular complexity index is 2740. The molecule has 0 atom stereocenters. The van der Waals surface area contributed by atoms with Gasteiger partial charge >= 0.3 is 0 Å². The summed E-state index contributed by atoms with van der Waals surface area (Å²) in [4.78, 5) is 7.18. The Labute approximate surface area is 324 Å². The number of hydrogen-bond acceptors (Lipinski definition) is 3. The van der Waals surface area contributed by atoms with Crippen LogP contribution < -0.4 is 14.7 Å². The first-order chi connectivity index (χ1) is 27.0. The van der Waals surface area contributed by atoms with Crippen LogP contribution in [0, 0.1) is 13.8 Å². The molecule has 0 amide bonds. The Morgan fingerprint density at radius 2 is 0.818 bits per heavy atom. The average molecular weight is 712 g/mol. The Morgan fingerprint density at radius 3 is 1.40 bits per heavy atom. The van der Waals surface area contributed by atoms with Crippen molar-refractivity contribution in [1.82, 2.24) is 0 Å². The van der Waals surface area contributed by atoms with Crippen molar-refractivity contribution in [2.75, 3.05) is 27.8 Å². The second-order valence-corrected chi connectivity index (χ2v) is 14.6. The third-order valence-corrected chi connectivity index (χ3v) is 11.1. The van der Waals surface area contributed by atoms with Crippen LogP contribution in [-0.4, -0.2) is 13.1 Å². The first-order valence-electron chi connectivity index (χ1n) is 19.4. The SMILES string of the molecule is CCN(CC)c1cccc(N(c2ccc(-c3ccc(N(c4cccc(C)c4)c4ccc5ccc6cccc7ccc4c5c67)cc3)cc2)c2cccc(C)c2)c1. The van der Waals surface area contributed by atoms with Crippen LogP contribution in [0.5, 0.6) is 0 Å². The first-order valence-corrected chi connectivity index (χ1v) is 19.4. The Hall–Kier alpha value is -6.58. The molecule has 9 aromatic rings. The summed E-state index contributed by atoms with van der Waals surface area (Å²) in [6, 6.07) is 64.8. The summed E-state index contributed by atoms with van der Waals surface area (Å²) in [5.74, 6) is 0. The Morgan fingerprint density at radius 1 is 0.364 bits per heavy atom. The van der Waals surface area contributed by atoms with Crippen LogP contribution in [0.4, 0.5) is 39.8 Å². The lowest BCUT2D eigenvalue weighted by Crippen LogP contribution is -2.22. The molecule has 9 rings (SSSR count). The minimum Gasteiger partial charge on any atom is -0.372 e. The smallest absolute Gasteiger partial charge is 0.0540 e. The molecule has 3 heteroatoms. The average Bonchev–Trinajstić information content (AvgIpc) is 3.22. The summed E-state index contributed by atoms with van der Waals surface area (Å²) < 4.78 is 0. The highest BCUT2D eigenvalue weighted by Gasteiger charge is 2.19. The quantitative estimate of drug-likeness (QED) is 0.131. The molecule has 55 heavy (non-hydrogen) atoms. The molecule has 0 aromatic heterocycles.